The Hall–Kier alpha value is -3.65. The second-order valence-electron chi connectivity index (χ2n) is 8.69. The molecule has 212 valence electrons. The van der Waals surface area contributed by atoms with Gasteiger partial charge in [0.15, 0.2) is 5.69 Å². The quantitative estimate of drug-likeness (QED) is 0.305. The molecular weight excluding hydrogens is 541 g/mol. The summed E-state index contributed by atoms with van der Waals surface area (Å²) in [5.41, 5.74) is 2.17. The van der Waals surface area contributed by atoms with Gasteiger partial charge in [0, 0.05) is 26.5 Å². The summed E-state index contributed by atoms with van der Waals surface area (Å²) in [4.78, 5) is 23.0. The lowest BCUT2D eigenvalue weighted by atomic mass is 10.1. The Labute approximate surface area is 224 Å². The van der Waals surface area contributed by atoms with Crippen molar-refractivity contribution in [1.29, 1.82) is 0 Å². The Morgan fingerprint density at radius 2 is 1.85 bits per heavy atom. The highest BCUT2D eigenvalue weighted by molar-refractivity contribution is 7.90. The SMILES string of the molecule is COCCCS(=O)(=O)NC(=O)c1nc(N(CCc2ccc(OC(F)(F)F)cc2)Cc2ccc(C)cn2)oc1C. The van der Waals surface area contributed by atoms with Crippen LogP contribution in [0, 0.1) is 13.8 Å². The van der Waals surface area contributed by atoms with E-state index in [1.165, 1.54) is 38.3 Å². The molecule has 39 heavy (non-hydrogen) atoms. The number of benzene rings is 1. The fourth-order valence-corrected chi connectivity index (χ4v) is 4.49. The predicted octanol–water partition coefficient (Wildman–Crippen LogP) is 3.93. The highest BCUT2D eigenvalue weighted by Gasteiger charge is 2.31. The fraction of sp³-hybridized carbons (Fsp3) is 0.400. The van der Waals surface area contributed by atoms with Crippen molar-refractivity contribution in [3.63, 3.8) is 0 Å². The number of hydrogen-bond acceptors (Lipinski definition) is 9. The largest absolute Gasteiger partial charge is 0.573 e. The third-order valence-corrected chi connectivity index (χ3v) is 6.76. The monoisotopic (exact) mass is 570 g/mol. The van der Waals surface area contributed by atoms with Gasteiger partial charge in [0.25, 0.3) is 11.9 Å². The number of hydrogen-bond donors (Lipinski definition) is 1. The maximum atomic E-state index is 12.7. The molecule has 2 aromatic heterocycles. The molecule has 0 radical (unpaired) electrons. The number of rotatable bonds is 13. The fourth-order valence-electron chi connectivity index (χ4n) is 3.51. The molecule has 0 aliphatic rings. The normalized spacial score (nSPS) is 11.8. The number of methoxy groups -OCH3 is 1. The first-order valence-corrected chi connectivity index (χ1v) is 13.5. The van der Waals surface area contributed by atoms with Gasteiger partial charge in [0.2, 0.25) is 10.0 Å². The number of ether oxygens (including phenoxy) is 2. The van der Waals surface area contributed by atoms with Crippen molar-refractivity contribution in [3.05, 3.63) is 70.9 Å². The zero-order chi connectivity index (χ0) is 28.6. The van der Waals surface area contributed by atoms with Crippen molar-refractivity contribution in [2.45, 2.75) is 39.6 Å². The Kier molecular flexibility index (Phi) is 9.92. The van der Waals surface area contributed by atoms with Crippen LogP contribution in [-0.2, 0) is 27.7 Å². The molecule has 0 aliphatic carbocycles. The van der Waals surface area contributed by atoms with Crippen LogP contribution in [0.3, 0.4) is 0 Å². The van der Waals surface area contributed by atoms with Gasteiger partial charge in [-0.1, -0.05) is 18.2 Å². The van der Waals surface area contributed by atoms with Crippen LogP contribution in [0.2, 0.25) is 0 Å². The van der Waals surface area contributed by atoms with Crippen LogP contribution in [-0.4, -0.2) is 56.7 Å². The van der Waals surface area contributed by atoms with Crippen LogP contribution in [0.25, 0.3) is 0 Å². The molecule has 0 saturated heterocycles. The van der Waals surface area contributed by atoms with Gasteiger partial charge in [0.05, 0.1) is 18.0 Å². The number of pyridine rings is 1. The molecule has 10 nitrogen and oxygen atoms in total. The Morgan fingerprint density at radius 3 is 2.46 bits per heavy atom. The second kappa shape index (κ2) is 12.9. The second-order valence-corrected chi connectivity index (χ2v) is 10.5. The van der Waals surface area contributed by atoms with E-state index in [2.05, 4.69) is 14.7 Å². The first kappa shape index (κ1) is 29.9. The Bertz CT molecular complexity index is 1340. The summed E-state index contributed by atoms with van der Waals surface area (Å²) in [6, 6.07) is 9.23. The number of aromatic nitrogens is 2. The lowest BCUT2D eigenvalue weighted by Gasteiger charge is -2.20. The number of aryl methyl sites for hydroxylation is 2. The van der Waals surface area contributed by atoms with Gasteiger partial charge in [0.1, 0.15) is 11.5 Å². The zero-order valence-electron chi connectivity index (χ0n) is 21.6. The molecule has 3 rings (SSSR count). The molecule has 0 aliphatic heterocycles. The molecule has 14 heteroatoms. The topological polar surface area (TPSA) is 124 Å². The molecule has 2 heterocycles. The Morgan fingerprint density at radius 1 is 1.13 bits per heavy atom. The van der Waals surface area contributed by atoms with Crippen LogP contribution in [0.1, 0.15) is 39.5 Å². The number of carbonyl (C=O) groups excluding carboxylic acids is 1. The molecule has 0 unspecified atom stereocenters. The maximum Gasteiger partial charge on any atom is 0.573 e. The number of sulfonamides is 1. The van der Waals surface area contributed by atoms with Crippen molar-refractivity contribution in [1.82, 2.24) is 14.7 Å². The van der Waals surface area contributed by atoms with Crippen LogP contribution in [0.4, 0.5) is 19.2 Å². The van der Waals surface area contributed by atoms with E-state index in [0.29, 0.717) is 18.7 Å². The third kappa shape index (κ3) is 9.55. The van der Waals surface area contributed by atoms with Gasteiger partial charge in [-0.25, -0.2) is 13.1 Å². The molecule has 0 saturated carbocycles. The molecule has 1 aromatic carbocycles. The van der Waals surface area contributed by atoms with Crippen molar-refractivity contribution in [2.24, 2.45) is 0 Å². The number of alkyl halides is 3. The van der Waals surface area contributed by atoms with Gasteiger partial charge in [-0.15, -0.1) is 13.2 Å². The zero-order valence-corrected chi connectivity index (χ0v) is 22.4. The van der Waals surface area contributed by atoms with E-state index in [9.17, 15) is 26.4 Å². The van der Waals surface area contributed by atoms with Gasteiger partial charge in [-0.2, -0.15) is 4.98 Å². The van der Waals surface area contributed by atoms with Crippen molar-refractivity contribution < 1.29 is 40.3 Å². The van der Waals surface area contributed by atoms with Crippen molar-refractivity contribution >= 4 is 21.9 Å². The Balaban J connectivity index is 1.78. The van der Waals surface area contributed by atoms with E-state index in [1.54, 1.807) is 11.1 Å². The van der Waals surface area contributed by atoms with Crippen LogP contribution in [0.15, 0.2) is 47.0 Å². The summed E-state index contributed by atoms with van der Waals surface area (Å²) < 4.78 is 78.3. The van der Waals surface area contributed by atoms with E-state index in [1.807, 2.05) is 23.8 Å². The molecule has 0 fully saturated rings. The first-order chi connectivity index (χ1) is 18.3. The minimum Gasteiger partial charge on any atom is -0.428 e. The molecule has 0 bridgehead atoms. The highest BCUT2D eigenvalue weighted by Crippen LogP contribution is 2.24. The predicted molar refractivity (Wildman–Crippen MR) is 136 cm³/mol. The lowest BCUT2D eigenvalue weighted by Crippen LogP contribution is -2.33. The number of amides is 1. The molecule has 1 N–H and O–H groups in total. The standard InChI is InChI=1S/C25H29F3N4O6S/c1-17-5-8-20(29-15-17)16-32(12-11-19-6-9-21(10-7-19)38-25(26,27)28)24-30-22(18(2)37-24)23(33)31-39(34,35)14-4-13-36-3/h5-10,15H,4,11-14,16H2,1-3H3,(H,31,33). The average molecular weight is 571 g/mol. The van der Waals surface area contributed by atoms with Crippen LogP contribution >= 0.6 is 0 Å². The van der Waals surface area contributed by atoms with Crippen LogP contribution < -0.4 is 14.4 Å². The van der Waals surface area contributed by atoms with Gasteiger partial charge in [-0.05, 0) is 56.0 Å². The summed E-state index contributed by atoms with van der Waals surface area (Å²) in [5.74, 6) is -1.43. The summed E-state index contributed by atoms with van der Waals surface area (Å²) in [6.07, 6.45) is -2.49. The number of nitrogens with zero attached hydrogens (tertiary/aromatic N) is 3. The van der Waals surface area contributed by atoms with Crippen molar-refractivity contribution in [3.8, 4) is 5.75 Å². The molecule has 3 aromatic rings. The van der Waals surface area contributed by atoms with E-state index in [4.69, 9.17) is 9.15 Å². The van der Waals surface area contributed by atoms with Crippen molar-refractivity contribution in [2.75, 3.05) is 30.9 Å². The first-order valence-electron chi connectivity index (χ1n) is 11.9. The molecular formula is C25H29F3N4O6S. The third-order valence-electron chi connectivity index (χ3n) is 5.43. The van der Waals surface area contributed by atoms with E-state index in [0.717, 1.165) is 11.1 Å². The lowest BCUT2D eigenvalue weighted by molar-refractivity contribution is -0.274. The van der Waals surface area contributed by atoms with Gasteiger partial charge >= 0.3 is 6.36 Å². The van der Waals surface area contributed by atoms with Gasteiger partial charge in [-0.3, -0.25) is 9.78 Å². The van der Waals surface area contributed by atoms with E-state index in [-0.39, 0.29) is 48.5 Å². The van der Waals surface area contributed by atoms with E-state index >= 15 is 0 Å². The van der Waals surface area contributed by atoms with Crippen LogP contribution in [0.5, 0.6) is 5.75 Å². The number of nitrogens with one attached hydrogen (secondary N) is 1. The smallest absolute Gasteiger partial charge is 0.428 e. The number of anilines is 1. The van der Waals surface area contributed by atoms with E-state index < -0.39 is 22.3 Å². The minimum absolute atomic E-state index is 0.0637. The number of carbonyl (C=O) groups is 1. The summed E-state index contributed by atoms with van der Waals surface area (Å²) in [7, 11) is -2.46. The molecule has 0 spiro atoms. The summed E-state index contributed by atoms with van der Waals surface area (Å²) in [6.45, 7) is 4.15. The average Bonchev–Trinajstić information content (AvgIpc) is 3.24. The maximum absolute atomic E-state index is 12.7. The number of oxazole rings is 1. The summed E-state index contributed by atoms with van der Waals surface area (Å²) in [5, 5.41) is 0. The summed E-state index contributed by atoms with van der Waals surface area (Å²) >= 11 is 0. The minimum atomic E-state index is -4.78. The van der Waals surface area contributed by atoms with Gasteiger partial charge < -0.3 is 18.8 Å². The number of halogens is 3. The molecule has 1 amide bonds. The molecule has 0 atom stereocenters. The highest BCUT2D eigenvalue weighted by atomic mass is 32.2.